The van der Waals surface area contributed by atoms with Crippen LogP contribution in [0.25, 0.3) is 0 Å². The topological polar surface area (TPSA) is 40.6 Å². The van der Waals surface area contributed by atoms with E-state index in [2.05, 4.69) is 0 Å². The van der Waals surface area contributed by atoms with Gasteiger partial charge in [-0.2, -0.15) is 0 Å². The molecule has 0 atom stereocenters. The van der Waals surface area contributed by atoms with Crippen molar-refractivity contribution in [3.8, 4) is 0 Å². The molecule has 0 N–H and O–H groups in total. The molecule has 2 aromatic carbocycles. The summed E-state index contributed by atoms with van der Waals surface area (Å²) in [5.74, 6) is 0.131. The molecule has 124 valence electrons. The summed E-state index contributed by atoms with van der Waals surface area (Å²) in [7, 11) is 0. The van der Waals surface area contributed by atoms with Gasteiger partial charge in [-0.3, -0.25) is 9.59 Å². The van der Waals surface area contributed by atoms with Crippen LogP contribution in [-0.4, -0.2) is 29.8 Å². The molecule has 0 radical (unpaired) electrons. The lowest BCUT2D eigenvalue weighted by Crippen LogP contribution is -2.30. The van der Waals surface area contributed by atoms with Crippen LogP contribution in [0, 0.1) is 0 Å². The van der Waals surface area contributed by atoms with Crippen molar-refractivity contribution in [2.45, 2.75) is 26.3 Å². The van der Waals surface area contributed by atoms with Crippen molar-refractivity contribution < 1.29 is 9.59 Å². The van der Waals surface area contributed by atoms with Crippen LogP contribution in [0.2, 0.25) is 0 Å². The zero-order valence-corrected chi connectivity index (χ0v) is 13.9. The predicted octanol–water partition coefficient (Wildman–Crippen LogP) is 3.48. The van der Waals surface area contributed by atoms with E-state index >= 15 is 0 Å². The second-order valence-electron chi connectivity index (χ2n) is 6.00. The maximum atomic E-state index is 12.9. The summed E-state index contributed by atoms with van der Waals surface area (Å²) in [6, 6.07) is 17.4. The summed E-state index contributed by atoms with van der Waals surface area (Å²) < 4.78 is 0. The minimum atomic E-state index is -0.00477. The highest BCUT2D eigenvalue weighted by molar-refractivity contribution is 5.99. The summed E-state index contributed by atoms with van der Waals surface area (Å²) in [6.45, 7) is 3.94. The molecule has 0 aromatic heterocycles. The molecule has 3 rings (SSSR count). The average molecular weight is 322 g/mol. The van der Waals surface area contributed by atoms with Crippen molar-refractivity contribution in [1.82, 2.24) is 4.90 Å². The molecule has 2 aromatic rings. The van der Waals surface area contributed by atoms with Crippen LogP contribution in [0.5, 0.6) is 0 Å². The molecule has 4 heteroatoms. The number of amides is 2. The SMILES string of the molecule is CCN(Cc1ccccc1)C(=O)c1cccc(N2CCCC2=O)c1. The van der Waals surface area contributed by atoms with Gasteiger partial charge in [-0.05, 0) is 37.1 Å². The first kappa shape index (κ1) is 16.2. The zero-order valence-electron chi connectivity index (χ0n) is 13.9. The summed E-state index contributed by atoms with van der Waals surface area (Å²) in [4.78, 5) is 28.4. The third-order valence-corrected chi connectivity index (χ3v) is 4.36. The number of benzene rings is 2. The molecule has 24 heavy (non-hydrogen) atoms. The molecule has 0 bridgehead atoms. The Hall–Kier alpha value is -2.62. The minimum Gasteiger partial charge on any atom is -0.335 e. The van der Waals surface area contributed by atoms with Gasteiger partial charge >= 0.3 is 0 Å². The summed E-state index contributed by atoms with van der Waals surface area (Å²) in [6.07, 6.45) is 1.47. The molecule has 0 aliphatic carbocycles. The van der Waals surface area contributed by atoms with Crippen molar-refractivity contribution in [2.24, 2.45) is 0 Å². The Morgan fingerprint density at radius 3 is 2.58 bits per heavy atom. The fourth-order valence-corrected chi connectivity index (χ4v) is 3.04. The first-order valence-electron chi connectivity index (χ1n) is 8.42. The Morgan fingerprint density at radius 2 is 1.92 bits per heavy atom. The monoisotopic (exact) mass is 322 g/mol. The van der Waals surface area contributed by atoms with Gasteiger partial charge in [0.05, 0.1) is 0 Å². The standard InChI is InChI=1S/C20H22N2O2/c1-2-21(15-16-8-4-3-5-9-16)20(24)17-10-6-11-18(14-17)22-13-7-12-19(22)23/h3-6,8-11,14H,2,7,12-13,15H2,1H3. The first-order chi connectivity index (χ1) is 11.7. The van der Waals surface area contributed by atoms with Gasteiger partial charge in [-0.1, -0.05) is 36.4 Å². The van der Waals surface area contributed by atoms with Crippen molar-refractivity contribution in [3.05, 3.63) is 65.7 Å². The largest absolute Gasteiger partial charge is 0.335 e. The van der Waals surface area contributed by atoms with Crippen molar-refractivity contribution in [3.63, 3.8) is 0 Å². The Kier molecular flexibility index (Phi) is 4.94. The molecule has 1 heterocycles. The van der Waals surface area contributed by atoms with E-state index in [9.17, 15) is 9.59 Å². The first-order valence-corrected chi connectivity index (χ1v) is 8.42. The number of carbonyl (C=O) groups excluding carboxylic acids is 2. The Balaban J connectivity index is 1.79. The Labute approximate surface area is 142 Å². The molecule has 1 aliphatic heterocycles. The molecule has 4 nitrogen and oxygen atoms in total. The number of hydrogen-bond donors (Lipinski definition) is 0. The third-order valence-electron chi connectivity index (χ3n) is 4.36. The summed E-state index contributed by atoms with van der Waals surface area (Å²) >= 11 is 0. The van der Waals surface area contributed by atoms with Gasteiger partial charge in [0.15, 0.2) is 0 Å². The van der Waals surface area contributed by atoms with E-state index in [0.29, 0.717) is 25.1 Å². The molecular formula is C20H22N2O2. The molecule has 1 aliphatic rings. The van der Waals surface area contributed by atoms with Crippen molar-refractivity contribution in [2.75, 3.05) is 18.0 Å². The van der Waals surface area contributed by atoms with E-state index in [1.54, 1.807) is 4.90 Å². The number of carbonyl (C=O) groups is 2. The van der Waals surface area contributed by atoms with E-state index in [1.165, 1.54) is 0 Å². The molecule has 2 amide bonds. The van der Waals surface area contributed by atoms with Crippen LogP contribution in [-0.2, 0) is 11.3 Å². The highest BCUT2D eigenvalue weighted by Crippen LogP contribution is 2.23. The maximum absolute atomic E-state index is 12.9. The fourth-order valence-electron chi connectivity index (χ4n) is 3.04. The average Bonchev–Trinajstić information content (AvgIpc) is 3.06. The van der Waals surface area contributed by atoms with E-state index < -0.39 is 0 Å². The second-order valence-corrected chi connectivity index (χ2v) is 6.00. The minimum absolute atomic E-state index is 0.00477. The molecular weight excluding hydrogens is 300 g/mol. The lowest BCUT2D eigenvalue weighted by molar-refractivity contribution is -0.117. The van der Waals surface area contributed by atoms with Crippen molar-refractivity contribution >= 4 is 17.5 Å². The zero-order chi connectivity index (χ0) is 16.9. The van der Waals surface area contributed by atoms with E-state index in [4.69, 9.17) is 0 Å². The van der Waals surface area contributed by atoms with Crippen LogP contribution >= 0.6 is 0 Å². The van der Waals surface area contributed by atoms with Crippen LogP contribution in [0.1, 0.15) is 35.7 Å². The maximum Gasteiger partial charge on any atom is 0.254 e. The quantitative estimate of drug-likeness (QED) is 0.845. The lowest BCUT2D eigenvalue weighted by atomic mass is 10.1. The lowest BCUT2D eigenvalue weighted by Gasteiger charge is -2.22. The summed E-state index contributed by atoms with van der Waals surface area (Å²) in [5, 5.41) is 0. The fraction of sp³-hybridized carbons (Fsp3) is 0.300. The highest BCUT2D eigenvalue weighted by Gasteiger charge is 2.23. The second kappa shape index (κ2) is 7.30. The van der Waals surface area contributed by atoms with Gasteiger partial charge in [-0.15, -0.1) is 0 Å². The number of nitrogens with zero attached hydrogens (tertiary/aromatic N) is 2. The number of hydrogen-bond acceptors (Lipinski definition) is 2. The predicted molar refractivity (Wildman–Crippen MR) is 94.9 cm³/mol. The molecule has 0 saturated carbocycles. The van der Waals surface area contributed by atoms with Crippen LogP contribution < -0.4 is 4.90 Å². The molecule has 1 fully saturated rings. The van der Waals surface area contributed by atoms with Gasteiger partial charge < -0.3 is 9.80 Å². The van der Waals surface area contributed by atoms with E-state index in [1.807, 2.05) is 66.4 Å². The third kappa shape index (κ3) is 3.48. The van der Waals surface area contributed by atoms with Crippen molar-refractivity contribution in [1.29, 1.82) is 0 Å². The highest BCUT2D eigenvalue weighted by atomic mass is 16.2. The number of anilines is 1. The van der Waals surface area contributed by atoms with Crippen LogP contribution in [0.4, 0.5) is 5.69 Å². The van der Waals surface area contributed by atoms with Gasteiger partial charge in [0.2, 0.25) is 5.91 Å². The van der Waals surface area contributed by atoms with E-state index in [-0.39, 0.29) is 11.8 Å². The Morgan fingerprint density at radius 1 is 1.12 bits per heavy atom. The van der Waals surface area contributed by atoms with E-state index in [0.717, 1.165) is 24.2 Å². The van der Waals surface area contributed by atoms with Gasteiger partial charge in [0.1, 0.15) is 0 Å². The van der Waals surface area contributed by atoms with Gasteiger partial charge in [0.25, 0.3) is 5.91 Å². The van der Waals surface area contributed by atoms with Gasteiger partial charge in [0, 0.05) is 37.3 Å². The molecule has 1 saturated heterocycles. The van der Waals surface area contributed by atoms with Gasteiger partial charge in [-0.25, -0.2) is 0 Å². The Bertz CT molecular complexity index is 727. The summed E-state index contributed by atoms with van der Waals surface area (Å²) in [5.41, 5.74) is 2.56. The normalized spacial score (nSPS) is 14.0. The molecule has 0 spiro atoms. The smallest absolute Gasteiger partial charge is 0.254 e. The van der Waals surface area contributed by atoms with Crippen LogP contribution in [0.15, 0.2) is 54.6 Å². The number of rotatable bonds is 5. The molecule has 0 unspecified atom stereocenters. The van der Waals surface area contributed by atoms with Crippen LogP contribution in [0.3, 0.4) is 0 Å².